The number of fused-ring (bicyclic) bond motifs is 1. The van der Waals surface area contributed by atoms with Gasteiger partial charge in [0, 0.05) is 7.05 Å². The van der Waals surface area contributed by atoms with Gasteiger partial charge in [-0.1, -0.05) is 19.1 Å². The van der Waals surface area contributed by atoms with Crippen LogP contribution in [0.5, 0.6) is 0 Å². The van der Waals surface area contributed by atoms with Gasteiger partial charge in [-0.05, 0) is 17.9 Å². The van der Waals surface area contributed by atoms with Crippen molar-refractivity contribution >= 4 is 22.8 Å². The van der Waals surface area contributed by atoms with Crippen molar-refractivity contribution in [1.29, 1.82) is 0 Å². The predicted octanol–water partition coefficient (Wildman–Crippen LogP) is 2.83. The monoisotopic (exact) mass is 206 g/mol. The molecule has 0 radical (unpaired) electrons. The number of aryl methyl sites for hydroxylation is 1. The molecule has 1 aromatic carbocycles. The van der Waals surface area contributed by atoms with Crippen LogP contribution in [0.4, 0.5) is 0 Å². The minimum atomic E-state index is 1.00. The first-order chi connectivity index (χ1) is 6.83. The van der Waals surface area contributed by atoms with Crippen LogP contribution in [0.15, 0.2) is 24.3 Å². The summed E-state index contributed by atoms with van der Waals surface area (Å²) in [6.07, 6.45) is 0. The van der Waals surface area contributed by atoms with Crippen molar-refractivity contribution in [2.45, 2.75) is 12.7 Å². The van der Waals surface area contributed by atoms with E-state index in [-0.39, 0.29) is 0 Å². The highest BCUT2D eigenvalue weighted by Gasteiger charge is 2.05. The van der Waals surface area contributed by atoms with E-state index in [1.54, 1.807) is 0 Å². The molecule has 0 saturated heterocycles. The average Bonchev–Trinajstić information content (AvgIpc) is 2.54. The summed E-state index contributed by atoms with van der Waals surface area (Å²) in [6, 6.07) is 8.27. The van der Waals surface area contributed by atoms with Gasteiger partial charge in [0.05, 0.1) is 16.8 Å². The Bertz CT molecular complexity index is 434. The molecular formula is C11H14N2S. The molecule has 0 fully saturated rings. The molecule has 0 spiro atoms. The summed E-state index contributed by atoms with van der Waals surface area (Å²) in [6.45, 7) is 2.17. The molecule has 3 heteroatoms. The van der Waals surface area contributed by atoms with Gasteiger partial charge in [-0.3, -0.25) is 0 Å². The van der Waals surface area contributed by atoms with Crippen molar-refractivity contribution in [2.75, 3.05) is 5.75 Å². The van der Waals surface area contributed by atoms with E-state index in [1.165, 1.54) is 5.52 Å². The van der Waals surface area contributed by atoms with Crippen LogP contribution in [0.2, 0.25) is 0 Å². The van der Waals surface area contributed by atoms with Crippen molar-refractivity contribution in [3.63, 3.8) is 0 Å². The molecule has 14 heavy (non-hydrogen) atoms. The van der Waals surface area contributed by atoms with Crippen LogP contribution in [0.25, 0.3) is 11.0 Å². The summed E-state index contributed by atoms with van der Waals surface area (Å²) in [5, 5.41) is 0. The number of aromatic nitrogens is 2. The lowest BCUT2D eigenvalue weighted by molar-refractivity contribution is 0.876. The first-order valence-electron chi connectivity index (χ1n) is 4.81. The Hall–Kier alpha value is -0.960. The van der Waals surface area contributed by atoms with Crippen molar-refractivity contribution < 1.29 is 0 Å². The molecule has 0 aliphatic rings. The molecule has 74 valence electrons. The van der Waals surface area contributed by atoms with E-state index in [4.69, 9.17) is 0 Å². The molecule has 0 amide bonds. The molecular weight excluding hydrogens is 192 g/mol. The molecule has 2 nitrogen and oxygen atoms in total. The number of benzene rings is 1. The van der Waals surface area contributed by atoms with Gasteiger partial charge in [0.2, 0.25) is 0 Å². The van der Waals surface area contributed by atoms with E-state index in [0.29, 0.717) is 0 Å². The zero-order chi connectivity index (χ0) is 9.97. The second-order valence-electron chi connectivity index (χ2n) is 3.21. The number of imidazole rings is 1. The maximum absolute atomic E-state index is 4.59. The molecule has 1 aromatic heterocycles. The minimum absolute atomic E-state index is 1.00. The molecule has 0 N–H and O–H groups in total. The zero-order valence-electron chi connectivity index (χ0n) is 8.53. The quantitative estimate of drug-likeness (QED) is 0.768. The highest BCUT2D eigenvalue weighted by Crippen LogP contribution is 2.17. The van der Waals surface area contributed by atoms with Crippen LogP contribution in [-0.2, 0) is 12.8 Å². The predicted molar refractivity (Wildman–Crippen MR) is 62.6 cm³/mol. The van der Waals surface area contributed by atoms with Gasteiger partial charge in [0.15, 0.2) is 0 Å². The van der Waals surface area contributed by atoms with E-state index in [2.05, 4.69) is 41.7 Å². The summed E-state index contributed by atoms with van der Waals surface area (Å²) in [5.41, 5.74) is 2.32. The number of hydrogen-bond donors (Lipinski definition) is 0. The van der Waals surface area contributed by atoms with Gasteiger partial charge in [0.25, 0.3) is 0 Å². The highest BCUT2D eigenvalue weighted by atomic mass is 32.2. The fraction of sp³-hybridized carbons (Fsp3) is 0.364. The van der Waals surface area contributed by atoms with Crippen LogP contribution in [0.1, 0.15) is 12.7 Å². The first-order valence-corrected chi connectivity index (χ1v) is 5.96. The lowest BCUT2D eigenvalue weighted by atomic mass is 10.3. The minimum Gasteiger partial charge on any atom is -0.330 e. The Morgan fingerprint density at radius 3 is 2.86 bits per heavy atom. The molecule has 0 aliphatic heterocycles. The van der Waals surface area contributed by atoms with Gasteiger partial charge in [0.1, 0.15) is 5.82 Å². The lowest BCUT2D eigenvalue weighted by Gasteiger charge is -1.99. The number of para-hydroxylation sites is 2. The van der Waals surface area contributed by atoms with Gasteiger partial charge >= 0.3 is 0 Å². The smallest absolute Gasteiger partial charge is 0.119 e. The fourth-order valence-electron chi connectivity index (χ4n) is 1.52. The van der Waals surface area contributed by atoms with Gasteiger partial charge < -0.3 is 4.57 Å². The van der Waals surface area contributed by atoms with Crippen LogP contribution in [0, 0.1) is 0 Å². The third-order valence-corrected chi connectivity index (χ3v) is 3.19. The Kier molecular flexibility index (Phi) is 2.77. The molecule has 2 aromatic rings. The highest BCUT2D eigenvalue weighted by molar-refractivity contribution is 7.98. The summed E-state index contributed by atoms with van der Waals surface area (Å²) in [5.74, 6) is 3.31. The van der Waals surface area contributed by atoms with E-state index < -0.39 is 0 Å². The first kappa shape index (κ1) is 9.59. The summed E-state index contributed by atoms with van der Waals surface area (Å²) < 4.78 is 2.18. The van der Waals surface area contributed by atoms with Gasteiger partial charge in [-0.2, -0.15) is 11.8 Å². The van der Waals surface area contributed by atoms with Crippen LogP contribution < -0.4 is 0 Å². The maximum Gasteiger partial charge on any atom is 0.119 e. The summed E-state index contributed by atoms with van der Waals surface area (Å²) >= 11 is 1.91. The number of nitrogens with zero attached hydrogens (tertiary/aromatic N) is 2. The van der Waals surface area contributed by atoms with Crippen LogP contribution in [0.3, 0.4) is 0 Å². The second kappa shape index (κ2) is 4.05. The van der Waals surface area contributed by atoms with E-state index >= 15 is 0 Å². The van der Waals surface area contributed by atoms with Crippen LogP contribution in [-0.4, -0.2) is 15.3 Å². The van der Waals surface area contributed by atoms with Gasteiger partial charge in [-0.25, -0.2) is 4.98 Å². The summed E-state index contributed by atoms with van der Waals surface area (Å²) in [7, 11) is 2.08. The fourth-order valence-corrected chi connectivity index (χ4v) is 2.16. The third kappa shape index (κ3) is 1.64. The Labute approximate surface area is 88.3 Å². The molecule has 0 atom stereocenters. The van der Waals surface area contributed by atoms with E-state index in [0.717, 1.165) is 22.8 Å². The molecule has 0 bridgehead atoms. The molecule has 0 aliphatic carbocycles. The largest absolute Gasteiger partial charge is 0.330 e. The SMILES string of the molecule is CCSCc1nc2ccccc2n1C. The van der Waals surface area contributed by atoms with Crippen molar-refractivity contribution in [3.05, 3.63) is 30.1 Å². The Morgan fingerprint density at radius 2 is 2.14 bits per heavy atom. The third-order valence-electron chi connectivity index (χ3n) is 2.32. The maximum atomic E-state index is 4.59. The van der Waals surface area contributed by atoms with Crippen molar-refractivity contribution in [3.8, 4) is 0 Å². The van der Waals surface area contributed by atoms with Crippen molar-refractivity contribution in [1.82, 2.24) is 9.55 Å². The van der Waals surface area contributed by atoms with Crippen molar-refractivity contribution in [2.24, 2.45) is 7.05 Å². The molecule has 1 heterocycles. The topological polar surface area (TPSA) is 17.8 Å². The molecule has 2 rings (SSSR count). The molecule has 0 saturated carbocycles. The summed E-state index contributed by atoms with van der Waals surface area (Å²) in [4.78, 5) is 4.59. The van der Waals surface area contributed by atoms with E-state index in [9.17, 15) is 0 Å². The second-order valence-corrected chi connectivity index (χ2v) is 4.49. The number of hydrogen-bond acceptors (Lipinski definition) is 2. The molecule has 0 unspecified atom stereocenters. The lowest BCUT2D eigenvalue weighted by Crippen LogP contribution is -1.95. The van der Waals surface area contributed by atoms with E-state index in [1.807, 2.05) is 17.8 Å². The van der Waals surface area contributed by atoms with Crippen LogP contribution >= 0.6 is 11.8 Å². The Morgan fingerprint density at radius 1 is 1.36 bits per heavy atom. The standard InChI is InChI=1S/C11H14N2S/c1-3-14-8-11-12-9-6-4-5-7-10(9)13(11)2/h4-7H,3,8H2,1-2H3. The number of thioether (sulfide) groups is 1. The normalized spacial score (nSPS) is 11.0. The number of rotatable bonds is 3. The Balaban J connectivity index is 2.41. The zero-order valence-corrected chi connectivity index (χ0v) is 9.34. The average molecular weight is 206 g/mol. The van der Waals surface area contributed by atoms with Gasteiger partial charge in [-0.15, -0.1) is 0 Å².